The van der Waals surface area contributed by atoms with Crippen LogP contribution in [0.2, 0.25) is 0 Å². The summed E-state index contributed by atoms with van der Waals surface area (Å²) in [5, 5.41) is 12.7. The van der Waals surface area contributed by atoms with E-state index in [-0.39, 0.29) is 18.0 Å². The lowest BCUT2D eigenvalue weighted by Gasteiger charge is -2.27. The molecule has 0 heterocycles. The molecule has 0 saturated heterocycles. The van der Waals surface area contributed by atoms with Crippen molar-refractivity contribution in [2.24, 2.45) is 5.73 Å². The predicted octanol–water partition coefficient (Wildman–Crippen LogP) is -0.0673. The van der Waals surface area contributed by atoms with Crippen molar-refractivity contribution >= 4 is 5.91 Å². The lowest BCUT2D eigenvalue weighted by Crippen LogP contribution is -2.47. The monoisotopic (exact) mass is 245 g/mol. The molecule has 0 bridgehead atoms. The summed E-state index contributed by atoms with van der Waals surface area (Å²) in [6.45, 7) is 6.26. The summed E-state index contributed by atoms with van der Waals surface area (Å²) < 4.78 is 0. The fourth-order valence-corrected chi connectivity index (χ4v) is 1.55. The van der Waals surface area contributed by atoms with Gasteiger partial charge in [-0.05, 0) is 41.3 Å². The zero-order valence-electron chi connectivity index (χ0n) is 11.7. The molecule has 17 heavy (non-hydrogen) atoms. The smallest absolute Gasteiger partial charge is 0.220 e. The van der Waals surface area contributed by atoms with E-state index in [0.29, 0.717) is 19.4 Å². The van der Waals surface area contributed by atoms with Crippen LogP contribution in [0.5, 0.6) is 0 Å². The van der Waals surface area contributed by atoms with Gasteiger partial charge in [0.05, 0.1) is 5.60 Å². The highest BCUT2D eigenvalue weighted by Crippen LogP contribution is 2.07. The van der Waals surface area contributed by atoms with E-state index in [2.05, 4.69) is 5.32 Å². The zero-order chi connectivity index (χ0) is 13.7. The zero-order valence-corrected chi connectivity index (χ0v) is 11.7. The Kier molecular flexibility index (Phi) is 6.09. The van der Waals surface area contributed by atoms with Crippen molar-refractivity contribution in [3.63, 3.8) is 0 Å². The number of likely N-dealkylation sites (N-methyl/N-ethyl adjacent to an activating group) is 1. The van der Waals surface area contributed by atoms with Gasteiger partial charge in [-0.1, -0.05) is 0 Å². The van der Waals surface area contributed by atoms with Crippen LogP contribution < -0.4 is 11.1 Å². The van der Waals surface area contributed by atoms with Crippen LogP contribution in [-0.2, 0) is 4.79 Å². The van der Waals surface area contributed by atoms with Crippen LogP contribution in [0, 0.1) is 0 Å². The van der Waals surface area contributed by atoms with Crippen molar-refractivity contribution in [1.29, 1.82) is 0 Å². The van der Waals surface area contributed by atoms with Crippen LogP contribution in [0.25, 0.3) is 0 Å². The van der Waals surface area contributed by atoms with E-state index in [1.54, 1.807) is 6.92 Å². The quantitative estimate of drug-likeness (QED) is 0.587. The molecule has 0 radical (unpaired) electrons. The highest BCUT2D eigenvalue weighted by Gasteiger charge is 2.22. The maximum Gasteiger partial charge on any atom is 0.220 e. The summed E-state index contributed by atoms with van der Waals surface area (Å²) in [6.07, 6.45) is 1.02. The first-order chi connectivity index (χ1) is 7.52. The molecule has 4 N–H and O–H groups in total. The number of nitrogens with one attached hydrogen (secondary N) is 1. The molecule has 0 aliphatic heterocycles. The van der Waals surface area contributed by atoms with Gasteiger partial charge in [-0.15, -0.1) is 0 Å². The van der Waals surface area contributed by atoms with Crippen LogP contribution in [0.4, 0.5) is 0 Å². The van der Waals surface area contributed by atoms with Gasteiger partial charge in [0.1, 0.15) is 0 Å². The van der Waals surface area contributed by atoms with Crippen LogP contribution in [0.1, 0.15) is 33.6 Å². The average molecular weight is 245 g/mol. The number of carbonyl (C=O) groups is 1. The Morgan fingerprint density at radius 3 is 2.29 bits per heavy atom. The summed E-state index contributed by atoms with van der Waals surface area (Å²) in [5.74, 6) is -0.0671. The SMILES string of the molecule is CN(C)CC(C)(O)CNC(=O)CCC(C)(C)N. The van der Waals surface area contributed by atoms with E-state index in [0.717, 1.165) is 0 Å². The number of hydrogen-bond donors (Lipinski definition) is 3. The van der Waals surface area contributed by atoms with Gasteiger partial charge < -0.3 is 21.1 Å². The second-order valence-electron chi connectivity index (χ2n) is 6.00. The molecule has 0 saturated carbocycles. The molecule has 0 aromatic rings. The largest absolute Gasteiger partial charge is 0.387 e. The van der Waals surface area contributed by atoms with Gasteiger partial charge in [-0.2, -0.15) is 0 Å². The molecule has 0 rings (SSSR count). The van der Waals surface area contributed by atoms with Gasteiger partial charge in [0.25, 0.3) is 0 Å². The van der Waals surface area contributed by atoms with Crippen molar-refractivity contribution in [3.05, 3.63) is 0 Å². The second-order valence-corrected chi connectivity index (χ2v) is 6.00. The maximum absolute atomic E-state index is 11.5. The number of carbonyl (C=O) groups excluding carboxylic acids is 1. The number of rotatable bonds is 7. The van der Waals surface area contributed by atoms with E-state index in [1.807, 2.05) is 32.8 Å². The molecule has 0 aliphatic rings. The second kappa shape index (κ2) is 6.33. The topological polar surface area (TPSA) is 78.6 Å². The van der Waals surface area contributed by atoms with E-state index in [9.17, 15) is 9.90 Å². The molecule has 0 aromatic heterocycles. The fraction of sp³-hybridized carbons (Fsp3) is 0.917. The molecular weight excluding hydrogens is 218 g/mol. The Labute approximate surface area is 104 Å². The third-order valence-electron chi connectivity index (χ3n) is 2.32. The van der Waals surface area contributed by atoms with Gasteiger partial charge in [-0.3, -0.25) is 4.79 Å². The molecule has 0 fully saturated rings. The molecule has 0 aliphatic carbocycles. The van der Waals surface area contributed by atoms with Gasteiger partial charge in [0.15, 0.2) is 0 Å². The van der Waals surface area contributed by atoms with Crippen LogP contribution in [0.15, 0.2) is 0 Å². The Balaban J connectivity index is 3.91. The van der Waals surface area contributed by atoms with Crippen molar-refractivity contribution in [2.75, 3.05) is 27.2 Å². The number of aliphatic hydroxyl groups is 1. The van der Waals surface area contributed by atoms with Crippen LogP contribution in [-0.4, -0.2) is 54.2 Å². The Hall–Kier alpha value is -0.650. The van der Waals surface area contributed by atoms with E-state index < -0.39 is 5.60 Å². The molecule has 1 amide bonds. The lowest BCUT2D eigenvalue weighted by atomic mass is 10.00. The van der Waals surface area contributed by atoms with Crippen LogP contribution in [0.3, 0.4) is 0 Å². The fourth-order valence-electron chi connectivity index (χ4n) is 1.55. The highest BCUT2D eigenvalue weighted by molar-refractivity contribution is 5.76. The summed E-state index contributed by atoms with van der Waals surface area (Å²) in [4.78, 5) is 13.4. The third kappa shape index (κ3) is 10.2. The number of nitrogens with two attached hydrogens (primary N) is 1. The Morgan fingerprint density at radius 1 is 1.35 bits per heavy atom. The first-order valence-corrected chi connectivity index (χ1v) is 5.94. The van der Waals surface area contributed by atoms with Gasteiger partial charge in [-0.25, -0.2) is 0 Å². The molecule has 5 heteroatoms. The average Bonchev–Trinajstić information content (AvgIpc) is 2.08. The minimum Gasteiger partial charge on any atom is -0.387 e. The molecule has 0 spiro atoms. The number of hydrogen-bond acceptors (Lipinski definition) is 4. The molecule has 1 atom stereocenters. The van der Waals surface area contributed by atoms with Crippen molar-refractivity contribution in [1.82, 2.24) is 10.2 Å². The minimum atomic E-state index is -0.905. The number of amides is 1. The normalized spacial score (nSPS) is 15.8. The minimum absolute atomic E-state index is 0.0671. The maximum atomic E-state index is 11.5. The van der Waals surface area contributed by atoms with Crippen LogP contribution >= 0.6 is 0 Å². The highest BCUT2D eigenvalue weighted by atomic mass is 16.3. The first kappa shape index (κ1) is 16.4. The molecule has 102 valence electrons. The summed E-state index contributed by atoms with van der Waals surface area (Å²) in [7, 11) is 3.76. The Bertz CT molecular complexity index is 245. The van der Waals surface area contributed by atoms with Gasteiger partial charge in [0, 0.05) is 25.0 Å². The van der Waals surface area contributed by atoms with Gasteiger partial charge in [0.2, 0.25) is 5.91 Å². The van der Waals surface area contributed by atoms with Gasteiger partial charge >= 0.3 is 0 Å². The lowest BCUT2D eigenvalue weighted by molar-refractivity contribution is -0.122. The van der Waals surface area contributed by atoms with Crippen molar-refractivity contribution in [2.45, 2.75) is 44.8 Å². The van der Waals surface area contributed by atoms with Crippen molar-refractivity contribution in [3.8, 4) is 0 Å². The molecule has 1 unspecified atom stereocenters. The molecule has 0 aromatic carbocycles. The summed E-state index contributed by atoms with van der Waals surface area (Å²) in [6, 6.07) is 0. The summed E-state index contributed by atoms with van der Waals surface area (Å²) >= 11 is 0. The molecule has 5 nitrogen and oxygen atoms in total. The van der Waals surface area contributed by atoms with E-state index in [4.69, 9.17) is 5.73 Å². The molecular formula is C12H27N3O2. The predicted molar refractivity (Wildman–Crippen MR) is 69.7 cm³/mol. The van der Waals surface area contributed by atoms with E-state index >= 15 is 0 Å². The van der Waals surface area contributed by atoms with E-state index in [1.165, 1.54) is 0 Å². The Morgan fingerprint density at radius 2 is 1.88 bits per heavy atom. The standard InChI is InChI=1S/C12H27N3O2/c1-11(2,13)7-6-10(16)14-8-12(3,17)9-15(4)5/h17H,6-9,13H2,1-5H3,(H,14,16). The first-order valence-electron chi connectivity index (χ1n) is 5.94. The summed E-state index contributed by atoms with van der Waals surface area (Å²) in [5.41, 5.74) is 4.56. The number of nitrogens with zero attached hydrogens (tertiary/aromatic N) is 1. The third-order valence-corrected chi connectivity index (χ3v) is 2.32. The van der Waals surface area contributed by atoms with Crippen molar-refractivity contribution < 1.29 is 9.90 Å².